The molecule has 1 aliphatic heterocycles. The minimum Gasteiger partial charge on any atom is -0.458 e. The molecular formula is C19H20N4O3. The Hall–Kier alpha value is -2.98. The van der Waals surface area contributed by atoms with Crippen molar-refractivity contribution in [3.8, 4) is 11.8 Å². The van der Waals surface area contributed by atoms with Crippen molar-refractivity contribution in [3.63, 3.8) is 0 Å². The number of ketones is 1. The predicted octanol–water partition coefficient (Wildman–Crippen LogP) is 1.66. The number of Topliss-reactive ketones (excluding diaryl/α,β-unsaturated/α-hetero) is 1. The first-order valence-electron chi connectivity index (χ1n) is 8.45. The highest BCUT2D eigenvalue weighted by Gasteiger charge is 2.33. The Morgan fingerprint density at radius 2 is 2.12 bits per heavy atom. The van der Waals surface area contributed by atoms with Gasteiger partial charge in [0.2, 0.25) is 0 Å². The summed E-state index contributed by atoms with van der Waals surface area (Å²) in [7, 11) is 0. The molecule has 2 atom stereocenters. The molecule has 1 N–H and O–H groups in total. The second-order valence-corrected chi connectivity index (χ2v) is 6.38. The van der Waals surface area contributed by atoms with Crippen LogP contribution in [-0.4, -0.2) is 34.1 Å². The molecule has 1 aromatic carbocycles. The van der Waals surface area contributed by atoms with Crippen LogP contribution in [0.25, 0.3) is 5.69 Å². The summed E-state index contributed by atoms with van der Waals surface area (Å²) in [6.45, 7) is 3.71. The maximum Gasteiger partial charge on any atom is 0.323 e. The maximum atomic E-state index is 12.3. The Morgan fingerprint density at radius 1 is 1.38 bits per heavy atom. The van der Waals surface area contributed by atoms with Gasteiger partial charge in [-0.05, 0) is 32.4 Å². The van der Waals surface area contributed by atoms with Gasteiger partial charge in [0.15, 0.2) is 0 Å². The third-order valence-electron chi connectivity index (χ3n) is 4.61. The fourth-order valence-electron chi connectivity index (χ4n) is 3.10. The average molecular weight is 352 g/mol. The van der Waals surface area contributed by atoms with Crippen molar-refractivity contribution in [2.75, 3.05) is 6.54 Å². The number of para-hydroxylation sites is 1. The molecule has 7 nitrogen and oxygen atoms in total. The molecule has 0 aliphatic carbocycles. The van der Waals surface area contributed by atoms with Gasteiger partial charge < -0.3 is 10.1 Å². The van der Waals surface area contributed by atoms with Crippen LogP contribution in [0, 0.1) is 24.2 Å². The van der Waals surface area contributed by atoms with E-state index in [-0.39, 0.29) is 18.3 Å². The Balaban J connectivity index is 1.77. The third-order valence-corrected chi connectivity index (χ3v) is 4.61. The van der Waals surface area contributed by atoms with Gasteiger partial charge in [0.05, 0.1) is 17.1 Å². The van der Waals surface area contributed by atoms with Crippen LogP contribution in [0.3, 0.4) is 0 Å². The van der Waals surface area contributed by atoms with Crippen LogP contribution in [-0.2, 0) is 20.9 Å². The lowest BCUT2D eigenvalue weighted by Crippen LogP contribution is -2.32. The third kappa shape index (κ3) is 3.51. The molecule has 7 heteroatoms. The zero-order valence-electron chi connectivity index (χ0n) is 14.7. The topological polar surface area (TPSA) is 97.0 Å². The molecule has 3 rings (SSSR count). The van der Waals surface area contributed by atoms with Gasteiger partial charge in [0.25, 0.3) is 0 Å². The van der Waals surface area contributed by atoms with Gasteiger partial charge in [-0.15, -0.1) is 0 Å². The van der Waals surface area contributed by atoms with Crippen molar-refractivity contribution in [3.05, 3.63) is 47.3 Å². The second-order valence-electron chi connectivity index (χ2n) is 6.38. The van der Waals surface area contributed by atoms with Gasteiger partial charge in [-0.3, -0.25) is 9.59 Å². The number of carbonyl (C=O) groups is 2. The molecule has 2 heterocycles. The van der Waals surface area contributed by atoms with Crippen LogP contribution in [0.1, 0.15) is 30.3 Å². The number of benzene rings is 1. The number of aromatic nitrogens is 2. The molecule has 0 saturated carbocycles. The minimum atomic E-state index is -0.497. The summed E-state index contributed by atoms with van der Waals surface area (Å²) >= 11 is 0. The molecule has 0 bridgehead atoms. The first-order valence-corrected chi connectivity index (χ1v) is 8.45. The quantitative estimate of drug-likeness (QED) is 0.822. The number of rotatable bonds is 5. The summed E-state index contributed by atoms with van der Waals surface area (Å²) in [5, 5.41) is 16.9. The largest absolute Gasteiger partial charge is 0.458 e. The molecule has 134 valence electrons. The molecule has 1 aliphatic rings. The fraction of sp³-hybridized carbons (Fsp3) is 0.368. The van der Waals surface area contributed by atoms with E-state index in [1.54, 1.807) is 11.6 Å². The molecule has 2 aromatic rings. The number of aryl methyl sites for hydroxylation is 1. The number of esters is 1. The van der Waals surface area contributed by atoms with Crippen LogP contribution in [0.2, 0.25) is 0 Å². The van der Waals surface area contributed by atoms with E-state index < -0.39 is 12.0 Å². The lowest BCUT2D eigenvalue weighted by atomic mass is 10.0. The molecule has 1 saturated heterocycles. The van der Waals surface area contributed by atoms with E-state index in [1.807, 2.05) is 30.3 Å². The first kappa shape index (κ1) is 17.8. The van der Waals surface area contributed by atoms with E-state index in [2.05, 4.69) is 16.5 Å². The summed E-state index contributed by atoms with van der Waals surface area (Å²) < 4.78 is 7.06. The van der Waals surface area contributed by atoms with Gasteiger partial charge >= 0.3 is 5.97 Å². The van der Waals surface area contributed by atoms with Crippen molar-refractivity contribution in [1.82, 2.24) is 15.1 Å². The number of hydrogen-bond donors (Lipinski definition) is 1. The number of hydrogen-bond acceptors (Lipinski definition) is 6. The van der Waals surface area contributed by atoms with Crippen LogP contribution >= 0.6 is 0 Å². The van der Waals surface area contributed by atoms with Crippen molar-refractivity contribution in [2.45, 2.75) is 32.9 Å². The zero-order valence-corrected chi connectivity index (χ0v) is 14.7. The van der Waals surface area contributed by atoms with Gasteiger partial charge in [0, 0.05) is 12.5 Å². The monoisotopic (exact) mass is 352 g/mol. The smallest absolute Gasteiger partial charge is 0.323 e. The molecular weight excluding hydrogens is 332 g/mol. The van der Waals surface area contributed by atoms with Crippen LogP contribution in [0.5, 0.6) is 0 Å². The standard InChI is InChI=1S/C19H20N4O3/c1-12-16(9-20)18(23(22-12)15-6-4-3-5-7-15)11-26-19(25)17-8-14(10-21-17)13(2)24/h3-7,14,17,21H,8,10-11H2,1-2H3. The highest BCUT2D eigenvalue weighted by atomic mass is 16.5. The highest BCUT2D eigenvalue weighted by molar-refractivity contribution is 5.82. The van der Waals surface area contributed by atoms with Gasteiger partial charge in [-0.2, -0.15) is 10.4 Å². The number of nitrogens with one attached hydrogen (secondary N) is 1. The van der Waals surface area contributed by atoms with Crippen LogP contribution in [0.4, 0.5) is 0 Å². The molecule has 0 spiro atoms. The number of carbonyl (C=O) groups excluding carboxylic acids is 2. The molecule has 0 radical (unpaired) electrons. The Bertz CT molecular complexity index is 867. The maximum absolute atomic E-state index is 12.3. The summed E-state index contributed by atoms with van der Waals surface area (Å²) in [4.78, 5) is 23.8. The van der Waals surface area contributed by atoms with E-state index >= 15 is 0 Å². The lowest BCUT2D eigenvalue weighted by Gasteiger charge is -2.12. The first-order chi connectivity index (χ1) is 12.5. The van der Waals surface area contributed by atoms with Gasteiger partial charge in [-0.25, -0.2) is 4.68 Å². The lowest BCUT2D eigenvalue weighted by molar-refractivity contribution is -0.147. The van der Waals surface area contributed by atoms with E-state index in [0.717, 1.165) is 5.69 Å². The Kier molecular flexibility index (Phi) is 5.14. The normalized spacial score (nSPS) is 19.1. The molecule has 0 amide bonds. The SMILES string of the molecule is CC(=O)C1CNC(C(=O)OCc2c(C#N)c(C)nn2-c2ccccc2)C1. The molecule has 1 aromatic heterocycles. The van der Waals surface area contributed by atoms with Crippen molar-refractivity contribution < 1.29 is 14.3 Å². The minimum absolute atomic E-state index is 0.0552. The van der Waals surface area contributed by atoms with E-state index in [9.17, 15) is 14.9 Å². The summed E-state index contributed by atoms with van der Waals surface area (Å²) in [6.07, 6.45) is 0.441. The highest BCUT2D eigenvalue weighted by Crippen LogP contribution is 2.20. The second kappa shape index (κ2) is 7.50. The molecule has 26 heavy (non-hydrogen) atoms. The summed E-state index contributed by atoms with van der Waals surface area (Å²) in [5.41, 5.74) is 2.31. The Labute approximate surface area is 151 Å². The average Bonchev–Trinajstić information content (AvgIpc) is 3.25. The van der Waals surface area contributed by atoms with E-state index in [1.165, 1.54) is 6.92 Å². The van der Waals surface area contributed by atoms with E-state index in [4.69, 9.17) is 4.74 Å². The van der Waals surface area contributed by atoms with Crippen molar-refractivity contribution in [2.24, 2.45) is 5.92 Å². The van der Waals surface area contributed by atoms with Crippen LogP contribution in [0.15, 0.2) is 30.3 Å². The van der Waals surface area contributed by atoms with Gasteiger partial charge in [-0.1, -0.05) is 18.2 Å². The van der Waals surface area contributed by atoms with E-state index in [0.29, 0.717) is 29.9 Å². The van der Waals surface area contributed by atoms with Gasteiger partial charge in [0.1, 0.15) is 30.1 Å². The zero-order chi connectivity index (χ0) is 18.7. The molecule has 1 fully saturated rings. The van der Waals surface area contributed by atoms with Crippen LogP contribution < -0.4 is 5.32 Å². The predicted molar refractivity (Wildman–Crippen MR) is 93.4 cm³/mol. The number of nitrogens with zero attached hydrogens (tertiary/aromatic N) is 3. The fourth-order valence-corrected chi connectivity index (χ4v) is 3.10. The number of ether oxygens (including phenoxy) is 1. The van der Waals surface area contributed by atoms with Crippen molar-refractivity contribution in [1.29, 1.82) is 5.26 Å². The summed E-state index contributed by atoms with van der Waals surface area (Å²) in [5.74, 6) is -0.507. The van der Waals surface area contributed by atoms with Crippen molar-refractivity contribution >= 4 is 11.8 Å². The molecule has 2 unspecified atom stereocenters. The number of nitriles is 1. The Morgan fingerprint density at radius 3 is 2.73 bits per heavy atom. The summed E-state index contributed by atoms with van der Waals surface area (Å²) in [6, 6.07) is 11.0.